The van der Waals surface area contributed by atoms with E-state index in [-0.39, 0.29) is 0 Å². The summed E-state index contributed by atoms with van der Waals surface area (Å²) in [6, 6.07) is 16.1. The molecule has 0 radical (unpaired) electrons. The minimum Gasteiger partial charge on any atom is -0.399 e. The van der Waals surface area contributed by atoms with Gasteiger partial charge in [-0.2, -0.15) is 0 Å². The predicted octanol–water partition coefficient (Wildman–Crippen LogP) is 2.18. The third kappa shape index (κ3) is 2.50. The van der Waals surface area contributed by atoms with Crippen molar-refractivity contribution in [3.8, 4) is 0 Å². The Morgan fingerprint density at radius 2 is 1.30 bits per heavy atom. The Morgan fingerprint density at radius 1 is 0.700 bits per heavy atom. The largest absolute Gasteiger partial charge is 0.399 e. The molecule has 0 saturated carbocycles. The molecule has 1 aliphatic rings. The van der Waals surface area contributed by atoms with Crippen LogP contribution in [0.2, 0.25) is 0 Å². The van der Waals surface area contributed by atoms with Crippen molar-refractivity contribution in [3.63, 3.8) is 0 Å². The number of nitrogens with zero attached hydrogens (tertiary/aromatic N) is 2. The van der Waals surface area contributed by atoms with Crippen molar-refractivity contribution in [2.45, 2.75) is 0 Å². The summed E-state index contributed by atoms with van der Waals surface area (Å²) in [5.41, 5.74) is 15.8. The number of nitrogens with two attached hydrogens (primary N) is 2. The van der Waals surface area contributed by atoms with Crippen LogP contribution in [0.1, 0.15) is 0 Å². The lowest BCUT2D eigenvalue weighted by molar-refractivity contribution is 0.654. The molecule has 0 amide bonds. The van der Waals surface area contributed by atoms with Crippen LogP contribution in [0.3, 0.4) is 0 Å². The third-order valence-corrected chi connectivity index (χ3v) is 3.82. The second-order valence-corrected chi connectivity index (χ2v) is 5.12. The van der Waals surface area contributed by atoms with E-state index in [0.29, 0.717) is 0 Å². The molecule has 2 aromatic carbocycles. The van der Waals surface area contributed by atoms with Gasteiger partial charge in [-0.3, -0.25) is 0 Å². The Balaban J connectivity index is 1.68. The molecule has 0 bridgehead atoms. The molecule has 1 fully saturated rings. The maximum absolute atomic E-state index is 6.04. The number of hydrogen-bond acceptors (Lipinski definition) is 4. The molecule has 0 unspecified atom stereocenters. The molecule has 0 atom stereocenters. The average Bonchev–Trinajstić information content (AvgIpc) is 2.49. The maximum atomic E-state index is 6.04. The molecule has 4 N–H and O–H groups in total. The van der Waals surface area contributed by atoms with Gasteiger partial charge in [-0.25, -0.2) is 0 Å². The van der Waals surface area contributed by atoms with Crippen LogP contribution in [-0.4, -0.2) is 26.2 Å². The molecule has 0 spiro atoms. The minimum atomic E-state index is 0.810. The molecule has 0 aromatic heterocycles. The summed E-state index contributed by atoms with van der Waals surface area (Å²) in [6.45, 7) is 3.97. The highest BCUT2D eigenvalue weighted by Gasteiger charge is 2.18. The van der Waals surface area contributed by atoms with Gasteiger partial charge in [0.15, 0.2) is 0 Å². The van der Waals surface area contributed by atoms with Gasteiger partial charge in [0.25, 0.3) is 0 Å². The molecule has 4 nitrogen and oxygen atoms in total. The summed E-state index contributed by atoms with van der Waals surface area (Å²) in [7, 11) is 0. The van der Waals surface area contributed by atoms with E-state index in [1.165, 1.54) is 5.69 Å². The monoisotopic (exact) mass is 268 g/mol. The van der Waals surface area contributed by atoms with Crippen LogP contribution >= 0.6 is 0 Å². The zero-order valence-corrected chi connectivity index (χ0v) is 11.5. The van der Waals surface area contributed by atoms with Crippen LogP contribution in [0.5, 0.6) is 0 Å². The summed E-state index contributed by atoms with van der Waals surface area (Å²) in [5, 5.41) is 0. The standard InChI is InChI=1S/C16H20N4/c17-13-5-7-14(8-6-13)19-9-11-20(12-10-19)16-4-2-1-3-15(16)18/h1-8H,9-12,17-18H2. The van der Waals surface area contributed by atoms with E-state index in [0.717, 1.165) is 43.2 Å². The van der Waals surface area contributed by atoms with Crippen LogP contribution in [0.25, 0.3) is 0 Å². The summed E-state index contributed by atoms with van der Waals surface area (Å²) >= 11 is 0. The van der Waals surface area contributed by atoms with Gasteiger partial charge in [0, 0.05) is 37.6 Å². The lowest BCUT2D eigenvalue weighted by atomic mass is 10.2. The first kappa shape index (κ1) is 12.7. The second kappa shape index (κ2) is 5.33. The summed E-state index contributed by atoms with van der Waals surface area (Å²) in [4.78, 5) is 4.73. The molecule has 3 rings (SSSR count). The number of benzene rings is 2. The Labute approximate surface area is 119 Å². The molecule has 4 heteroatoms. The summed E-state index contributed by atoms with van der Waals surface area (Å²) in [6.07, 6.45) is 0. The molecule has 20 heavy (non-hydrogen) atoms. The van der Waals surface area contributed by atoms with E-state index in [1.807, 2.05) is 30.3 Å². The number of rotatable bonds is 2. The topological polar surface area (TPSA) is 58.5 Å². The molecule has 1 heterocycles. The fourth-order valence-corrected chi connectivity index (χ4v) is 2.67. The van der Waals surface area contributed by atoms with Crippen molar-refractivity contribution in [2.75, 3.05) is 47.4 Å². The number of nitrogen functional groups attached to an aromatic ring is 2. The lowest BCUT2D eigenvalue weighted by Crippen LogP contribution is -2.46. The van der Waals surface area contributed by atoms with Gasteiger partial charge in [0.05, 0.1) is 11.4 Å². The predicted molar refractivity (Wildman–Crippen MR) is 86.1 cm³/mol. The van der Waals surface area contributed by atoms with E-state index in [4.69, 9.17) is 11.5 Å². The van der Waals surface area contributed by atoms with E-state index >= 15 is 0 Å². The van der Waals surface area contributed by atoms with Gasteiger partial charge in [-0.15, -0.1) is 0 Å². The zero-order chi connectivity index (χ0) is 13.9. The minimum absolute atomic E-state index is 0.810. The average molecular weight is 268 g/mol. The Kier molecular flexibility index (Phi) is 3.37. The molecule has 104 valence electrons. The van der Waals surface area contributed by atoms with Crippen LogP contribution in [0.15, 0.2) is 48.5 Å². The second-order valence-electron chi connectivity index (χ2n) is 5.12. The summed E-state index contributed by atoms with van der Waals surface area (Å²) in [5.74, 6) is 0. The van der Waals surface area contributed by atoms with Crippen LogP contribution in [0, 0.1) is 0 Å². The highest BCUT2D eigenvalue weighted by atomic mass is 15.3. The van der Waals surface area contributed by atoms with Crippen LogP contribution < -0.4 is 21.3 Å². The Bertz CT molecular complexity index is 571. The van der Waals surface area contributed by atoms with Gasteiger partial charge < -0.3 is 21.3 Å². The summed E-state index contributed by atoms with van der Waals surface area (Å²) < 4.78 is 0. The molecule has 0 aliphatic carbocycles. The van der Waals surface area contributed by atoms with Crippen LogP contribution in [0.4, 0.5) is 22.7 Å². The number of piperazine rings is 1. The molecule has 1 saturated heterocycles. The Hall–Kier alpha value is -2.36. The smallest absolute Gasteiger partial charge is 0.0601 e. The van der Waals surface area contributed by atoms with E-state index in [9.17, 15) is 0 Å². The first-order valence-electron chi connectivity index (χ1n) is 6.94. The van der Waals surface area contributed by atoms with E-state index in [1.54, 1.807) is 0 Å². The highest BCUT2D eigenvalue weighted by Crippen LogP contribution is 2.25. The van der Waals surface area contributed by atoms with E-state index in [2.05, 4.69) is 28.0 Å². The van der Waals surface area contributed by atoms with E-state index < -0.39 is 0 Å². The van der Waals surface area contributed by atoms with Crippen LogP contribution in [-0.2, 0) is 0 Å². The molecule has 1 aliphatic heterocycles. The molecular formula is C16H20N4. The molecule has 2 aromatic rings. The van der Waals surface area contributed by atoms with Gasteiger partial charge in [0.1, 0.15) is 0 Å². The Morgan fingerprint density at radius 3 is 1.95 bits per heavy atom. The number of hydrogen-bond donors (Lipinski definition) is 2. The first-order valence-corrected chi connectivity index (χ1v) is 6.94. The highest BCUT2D eigenvalue weighted by molar-refractivity contribution is 5.68. The first-order chi connectivity index (χ1) is 9.74. The van der Waals surface area contributed by atoms with Crippen molar-refractivity contribution in [1.82, 2.24) is 0 Å². The third-order valence-electron chi connectivity index (χ3n) is 3.82. The number of anilines is 4. The van der Waals surface area contributed by atoms with Gasteiger partial charge >= 0.3 is 0 Å². The van der Waals surface area contributed by atoms with Crippen molar-refractivity contribution in [1.29, 1.82) is 0 Å². The van der Waals surface area contributed by atoms with Gasteiger partial charge in [0.2, 0.25) is 0 Å². The fourth-order valence-electron chi connectivity index (χ4n) is 2.67. The van der Waals surface area contributed by atoms with Crippen molar-refractivity contribution >= 4 is 22.7 Å². The van der Waals surface area contributed by atoms with Crippen molar-refractivity contribution in [3.05, 3.63) is 48.5 Å². The van der Waals surface area contributed by atoms with Gasteiger partial charge in [-0.1, -0.05) is 12.1 Å². The quantitative estimate of drug-likeness (QED) is 0.820. The maximum Gasteiger partial charge on any atom is 0.0601 e. The van der Waals surface area contributed by atoms with Gasteiger partial charge in [-0.05, 0) is 36.4 Å². The normalized spacial score (nSPS) is 15.4. The zero-order valence-electron chi connectivity index (χ0n) is 11.5. The lowest BCUT2D eigenvalue weighted by Gasteiger charge is -2.37. The number of para-hydroxylation sites is 2. The van der Waals surface area contributed by atoms with Crippen molar-refractivity contribution in [2.24, 2.45) is 0 Å². The fraction of sp³-hybridized carbons (Fsp3) is 0.250. The van der Waals surface area contributed by atoms with Crippen molar-refractivity contribution < 1.29 is 0 Å². The SMILES string of the molecule is Nc1ccc(N2CCN(c3ccccc3N)CC2)cc1. The molecular weight excluding hydrogens is 248 g/mol.